The van der Waals surface area contributed by atoms with Gasteiger partial charge < -0.3 is 9.84 Å². The molecule has 4 heteroatoms. The summed E-state index contributed by atoms with van der Waals surface area (Å²) < 4.78 is 19.0. The number of rotatable bonds is 2. The third-order valence-corrected chi connectivity index (χ3v) is 2.73. The minimum atomic E-state index is -1.84. The maximum atomic E-state index is 13.4. The maximum absolute atomic E-state index is 13.4. The largest absolute Gasteiger partial charge is 0.479 e. The second kappa shape index (κ2) is 3.19. The minimum absolute atomic E-state index is 0.437. The van der Waals surface area contributed by atoms with Gasteiger partial charge in [-0.2, -0.15) is 0 Å². The topological polar surface area (TPSA) is 46.5 Å². The summed E-state index contributed by atoms with van der Waals surface area (Å²) in [5.41, 5.74) is -1.14. The van der Waals surface area contributed by atoms with Crippen LogP contribution in [-0.2, 0) is 9.53 Å². The van der Waals surface area contributed by atoms with Gasteiger partial charge in [-0.25, -0.2) is 9.18 Å². The lowest BCUT2D eigenvalue weighted by atomic mass is 9.84. The van der Waals surface area contributed by atoms with E-state index >= 15 is 0 Å². The highest BCUT2D eigenvalue weighted by Crippen LogP contribution is 2.44. The molecule has 14 heavy (non-hydrogen) atoms. The molecule has 0 radical (unpaired) electrons. The van der Waals surface area contributed by atoms with Crippen LogP contribution in [0, 0.1) is 5.92 Å². The van der Waals surface area contributed by atoms with Gasteiger partial charge in [0.2, 0.25) is 6.17 Å². The molecule has 1 heterocycles. The Morgan fingerprint density at radius 1 is 1.50 bits per heavy atom. The molecule has 1 saturated heterocycles. The van der Waals surface area contributed by atoms with E-state index in [9.17, 15) is 9.18 Å². The first kappa shape index (κ1) is 11.4. The molecule has 2 atom stereocenters. The standard InChI is InChI=1S/C10H17FO3/c1-9(2)5-6(7(11)8(12)13)10(3,4)14-9/h6-7H,5H2,1-4H3,(H,12,13). The van der Waals surface area contributed by atoms with Crippen LogP contribution < -0.4 is 0 Å². The van der Waals surface area contributed by atoms with Crippen LogP contribution in [0.25, 0.3) is 0 Å². The van der Waals surface area contributed by atoms with E-state index in [0.29, 0.717) is 6.42 Å². The molecule has 1 aliphatic heterocycles. The van der Waals surface area contributed by atoms with Crippen LogP contribution in [0.2, 0.25) is 0 Å². The Morgan fingerprint density at radius 3 is 2.29 bits per heavy atom. The lowest BCUT2D eigenvalue weighted by molar-refractivity contribution is -0.148. The maximum Gasteiger partial charge on any atom is 0.338 e. The van der Waals surface area contributed by atoms with E-state index in [0.717, 1.165) is 0 Å². The van der Waals surface area contributed by atoms with Crippen molar-refractivity contribution >= 4 is 5.97 Å². The van der Waals surface area contributed by atoms with Crippen molar-refractivity contribution in [3.8, 4) is 0 Å². The van der Waals surface area contributed by atoms with Crippen molar-refractivity contribution in [1.82, 2.24) is 0 Å². The van der Waals surface area contributed by atoms with E-state index in [-0.39, 0.29) is 0 Å². The van der Waals surface area contributed by atoms with Gasteiger partial charge in [0.05, 0.1) is 11.2 Å². The van der Waals surface area contributed by atoms with Crippen molar-refractivity contribution in [2.45, 2.75) is 51.5 Å². The predicted molar refractivity (Wildman–Crippen MR) is 49.9 cm³/mol. The average Bonchev–Trinajstić information content (AvgIpc) is 2.17. The van der Waals surface area contributed by atoms with E-state index in [4.69, 9.17) is 9.84 Å². The average molecular weight is 204 g/mol. The number of ether oxygens (including phenoxy) is 1. The van der Waals surface area contributed by atoms with Crippen LogP contribution in [0.4, 0.5) is 4.39 Å². The second-order valence-corrected chi connectivity index (χ2v) is 5.02. The summed E-state index contributed by atoms with van der Waals surface area (Å²) >= 11 is 0. The molecule has 2 unspecified atom stereocenters. The molecule has 0 saturated carbocycles. The Morgan fingerprint density at radius 2 is 2.00 bits per heavy atom. The third kappa shape index (κ3) is 2.05. The molecule has 1 fully saturated rings. The van der Waals surface area contributed by atoms with E-state index in [1.807, 2.05) is 13.8 Å². The quantitative estimate of drug-likeness (QED) is 0.748. The summed E-state index contributed by atoms with van der Waals surface area (Å²) in [6.45, 7) is 7.18. The number of hydrogen-bond donors (Lipinski definition) is 1. The van der Waals surface area contributed by atoms with Gasteiger partial charge in [-0.05, 0) is 34.1 Å². The number of carboxylic acids is 1. The van der Waals surface area contributed by atoms with Gasteiger partial charge in [0.1, 0.15) is 0 Å². The van der Waals surface area contributed by atoms with Gasteiger partial charge in [-0.3, -0.25) is 0 Å². The predicted octanol–water partition coefficient (Wildman–Crippen LogP) is 2.00. The Hall–Kier alpha value is -0.640. The summed E-state index contributed by atoms with van der Waals surface area (Å²) in [5, 5.41) is 8.61. The van der Waals surface area contributed by atoms with Crippen molar-refractivity contribution in [3.63, 3.8) is 0 Å². The molecule has 0 bridgehead atoms. The van der Waals surface area contributed by atoms with Crippen molar-refractivity contribution in [1.29, 1.82) is 0 Å². The molecule has 3 nitrogen and oxygen atoms in total. The lowest BCUT2D eigenvalue weighted by Gasteiger charge is -2.27. The number of aliphatic carboxylic acids is 1. The molecule has 1 N–H and O–H groups in total. The normalized spacial score (nSPS) is 31.4. The van der Waals surface area contributed by atoms with Crippen molar-refractivity contribution in [2.75, 3.05) is 0 Å². The number of hydrogen-bond acceptors (Lipinski definition) is 2. The van der Waals surface area contributed by atoms with Crippen LogP contribution in [0.15, 0.2) is 0 Å². The first-order chi connectivity index (χ1) is 6.16. The van der Waals surface area contributed by atoms with Gasteiger partial charge in [0.25, 0.3) is 0 Å². The third-order valence-electron chi connectivity index (χ3n) is 2.73. The van der Waals surface area contributed by atoms with Gasteiger partial charge in [0.15, 0.2) is 0 Å². The molecule has 0 aliphatic carbocycles. The molecule has 0 amide bonds. The zero-order chi connectivity index (χ0) is 11.1. The molecule has 1 aliphatic rings. The Kier molecular flexibility index (Phi) is 2.61. The van der Waals surface area contributed by atoms with Crippen LogP contribution in [0.1, 0.15) is 34.1 Å². The highest BCUT2D eigenvalue weighted by molar-refractivity contribution is 5.72. The lowest BCUT2D eigenvalue weighted by Crippen LogP contribution is -2.38. The fourth-order valence-electron chi connectivity index (χ4n) is 2.23. The molecule has 0 spiro atoms. The van der Waals surface area contributed by atoms with E-state index in [1.165, 1.54) is 0 Å². The fourth-order valence-corrected chi connectivity index (χ4v) is 2.23. The first-order valence-corrected chi connectivity index (χ1v) is 4.73. The van der Waals surface area contributed by atoms with Crippen LogP contribution in [0.5, 0.6) is 0 Å². The Balaban J connectivity index is 2.85. The van der Waals surface area contributed by atoms with E-state index in [1.54, 1.807) is 13.8 Å². The van der Waals surface area contributed by atoms with Crippen molar-refractivity contribution in [3.05, 3.63) is 0 Å². The number of alkyl halides is 1. The molecule has 0 aromatic rings. The molecular weight excluding hydrogens is 187 g/mol. The van der Waals surface area contributed by atoms with Gasteiger partial charge in [0, 0.05) is 5.92 Å². The summed E-state index contributed by atoms with van der Waals surface area (Å²) in [7, 11) is 0. The van der Waals surface area contributed by atoms with Crippen molar-refractivity contribution < 1.29 is 19.0 Å². The van der Waals surface area contributed by atoms with Gasteiger partial charge in [-0.15, -0.1) is 0 Å². The van der Waals surface area contributed by atoms with Crippen molar-refractivity contribution in [2.24, 2.45) is 5.92 Å². The zero-order valence-corrected chi connectivity index (χ0v) is 9.00. The smallest absolute Gasteiger partial charge is 0.338 e. The first-order valence-electron chi connectivity index (χ1n) is 4.73. The zero-order valence-electron chi connectivity index (χ0n) is 9.00. The highest BCUT2D eigenvalue weighted by Gasteiger charge is 2.51. The minimum Gasteiger partial charge on any atom is -0.479 e. The van der Waals surface area contributed by atoms with Gasteiger partial charge in [-0.1, -0.05) is 0 Å². The van der Waals surface area contributed by atoms with Gasteiger partial charge >= 0.3 is 5.97 Å². The number of carbonyl (C=O) groups is 1. The van der Waals surface area contributed by atoms with Crippen LogP contribution in [0.3, 0.4) is 0 Å². The SMILES string of the molecule is CC1(C)CC(C(F)C(=O)O)C(C)(C)O1. The van der Waals surface area contributed by atoms with E-state index in [2.05, 4.69) is 0 Å². The molecular formula is C10H17FO3. The monoisotopic (exact) mass is 204 g/mol. The molecule has 82 valence electrons. The summed E-state index contributed by atoms with van der Waals surface area (Å²) in [6.07, 6.45) is -1.40. The Bertz CT molecular complexity index is 248. The summed E-state index contributed by atoms with van der Waals surface area (Å²) in [6, 6.07) is 0. The number of carboxylic acid groups (broad SMARTS) is 1. The molecule has 0 aromatic carbocycles. The molecule has 0 aromatic heterocycles. The molecule has 1 rings (SSSR count). The number of halogens is 1. The van der Waals surface area contributed by atoms with Crippen LogP contribution in [-0.4, -0.2) is 28.4 Å². The fraction of sp³-hybridized carbons (Fsp3) is 0.900. The second-order valence-electron chi connectivity index (χ2n) is 5.02. The summed E-state index contributed by atoms with van der Waals surface area (Å²) in [4.78, 5) is 10.6. The summed E-state index contributed by atoms with van der Waals surface area (Å²) in [5.74, 6) is -1.97. The van der Waals surface area contributed by atoms with Crippen LogP contribution >= 0.6 is 0 Å². The van der Waals surface area contributed by atoms with E-state index < -0.39 is 29.3 Å². The Labute approximate surface area is 83.3 Å². The highest BCUT2D eigenvalue weighted by atomic mass is 19.1.